The van der Waals surface area contributed by atoms with Gasteiger partial charge in [0.2, 0.25) is 0 Å². The molecular formula is C14H29BF4SiTe. The molecule has 0 aromatic carbocycles. The molecule has 0 N–H and O–H groups in total. The fraction of sp³-hybridized carbons (Fsp3) is 0.857. The quantitative estimate of drug-likeness (QED) is 0.249. The standard InChI is InChI=1S/C14H29SiTe.BF4/c1-6-8-12-16(13-9-7-2)14-10-11-15(3,4)5;2-1(3,4)5/h6-9,12-14H2,1-5H3;/q+1;-1. The first kappa shape index (κ1) is 23.6. The molecule has 0 amide bonds. The van der Waals surface area contributed by atoms with Crippen molar-refractivity contribution in [1.82, 2.24) is 0 Å². The normalized spacial score (nSPS) is 11.5. The summed E-state index contributed by atoms with van der Waals surface area (Å²) in [5, 5.41) is 0. The maximum Gasteiger partial charge on any atom is 0.673 e. The van der Waals surface area contributed by atoms with Gasteiger partial charge in [-0.3, -0.25) is 0 Å². The molecule has 126 valence electrons. The van der Waals surface area contributed by atoms with Gasteiger partial charge < -0.3 is 17.3 Å². The van der Waals surface area contributed by atoms with Crippen molar-refractivity contribution in [2.75, 3.05) is 0 Å². The summed E-state index contributed by atoms with van der Waals surface area (Å²) >= 11 is -0.818. The maximum atomic E-state index is 9.75. The van der Waals surface area contributed by atoms with Crippen molar-refractivity contribution < 1.29 is 17.3 Å². The third kappa shape index (κ3) is 29.1. The first-order chi connectivity index (χ1) is 9.49. The smallest absolute Gasteiger partial charge is 0.418 e. The molecule has 0 atom stereocenters. The Bertz CT molecular complexity index is 291. The summed E-state index contributed by atoms with van der Waals surface area (Å²) in [6, 6.07) is 0. The Morgan fingerprint density at radius 3 is 1.57 bits per heavy atom. The van der Waals surface area contributed by atoms with Crippen molar-refractivity contribution in [2.24, 2.45) is 0 Å². The van der Waals surface area contributed by atoms with Gasteiger partial charge in [0, 0.05) is 0 Å². The summed E-state index contributed by atoms with van der Waals surface area (Å²) in [6.45, 7) is 11.7. The van der Waals surface area contributed by atoms with Crippen molar-refractivity contribution in [3.05, 3.63) is 0 Å². The van der Waals surface area contributed by atoms with E-state index in [1.54, 1.807) is 8.94 Å². The molecule has 0 rings (SSSR count). The number of unbranched alkanes of at least 4 members (excludes halogenated alkanes) is 2. The van der Waals surface area contributed by atoms with E-state index in [4.69, 9.17) is 0 Å². The van der Waals surface area contributed by atoms with Crippen LogP contribution in [0, 0.1) is 11.5 Å². The molecule has 0 aliphatic carbocycles. The van der Waals surface area contributed by atoms with E-state index in [1.165, 1.54) is 30.2 Å². The Labute approximate surface area is 136 Å². The zero-order valence-electron chi connectivity index (χ0n) is 13.9. The first-order valence-electron chi connectivity index (χ1n) is 7.51. The van der Waals surface area contributed by atoms with E-state index in [1.807, 2.05) is 0 Å². The molecule has 0 saturated carbocycles. The largest absolute Gasteiger partial charge is 0.673 e. The van der Waals surface area contributed by atoms with Crippen LogP contribution in [0.15, 0.2) is 0 Å². The fourth-order valence-corrected chi connectivity index (χ4v) is 8.53. The van der Waals surface area contributed by atoms with E-state index in [0.29, 0.717) is 0 Å². The third-order valence-electron chi connectivity index (χ3n) is 2.31. The van der Waals surface area contributed by atoms with Crippen LogP contribution < -0.4 is 0 Å². The summed E-state index contributed by atoms with van der Waals surface area (Å²) in [6.07, 6.45) is 5.64. The molecule has 0 saturated heterocycles. The van der Waals surface area contributed by atoms with Crippen molar-refractivity contribution >= 4 is 34.9 Å². The average molecular weight is 440 g/mol. The van der Waals surface area contributed by atoms with Crippen LogP contribution in [-0.4, -0.2) is 34.9 Å². The molecule has 0 unspecified atom stereocenters. The fourth-order valence-electron chi connectivity index (χ4n) is 1.35. The number of hydrogen-bond donors (Lipinski definition) is 0. The molecule has 7 heteroatoms. The van der Waals surface area contributed by atoms with Gasteiger partial charge in [-0.15, -0.1) is 0 Å². The predicted molar refractivity (Wildman–Crippen MR) is 91.3 cm³/mol. The SMILES string of the molecule is CCCC[Te+](CC#C[Si](C)(C)C)CCCC.F[B-](F)(F)F. The van der Waals surface area contributed by atoms with Gasteiger partial charge in [-0.05, 0) is 0 Å². The van der Waals surface area contributed by atoms with E-state index in [0.717, 1.165) is 0 Å². The first-order valence-corrected chi connectivity index (χ1v) is 16.0. The van der Waals surface area contributed by atoms with Crippen LogP contribution in [0.1, 0.15) is 39.5 Å². The van der Waals surface area contributed by atoms with Crippen molar-refractivity contribution in [2.45, 2.75) is 72.6 Å². The second-order valence-corrected chi connectivity index (χ2v) is 17.3. The topological polar surface area (TPSA) is 0 Å². The Balaban J connectivity index is 0. The van der Waals surface area contributed by atoms with Crippen LogP contribution in [0.2, 0.25) is 33.0 Å². The minimum absolute atomic E-state index is 0.818. The summed E-state index contributed by atoms with van der Waals surface area (Å²) in [4.78, 5) is 0. The zero-order chi connectivity index (χ0) is 16.9. The van der Waals surface area contributed by atoms with E-state index in [2.05, 4.69) is 45.0 Å². The van der Waals surface area contributed by atoms with Crippen molar-refractivity contribution in [1.29, 1.82) is 0 Å². The van der Waals surface area contributed by atoms with Gasteiger partial charge in [0.15, 0.2) is 0 Å². The number of hydrogen-bond acceptors (Lipinski definition) is 0. The monoisotopic (exact) mass is 442 g/mol. The van der Waals surface area contributed by atoms with E-state index >= 15 is 0 Å². The van der Waals surface area contributed by atoms with E-state index in [9.17, 15) is 17.3 Å². The number of halogens is 4. The van der Waals surface area contributed by atoms with Gasteiger partial charge in [0.05, 0.1) is 0 Å². The van der Waals surface area contributed by atoms with Crippen LogP contribution in [-0.2, 0) is 0 Å². The summed E-state index contributed by atoms with van der Waals surface area (Å²) < 4.78 is 43.4. The van der Waals surface area contributed by atoms with Crippen LogP contribution in [0.3, 0.4) is 0 Å². The molecular weight excluding hydrogens is 411 g/mol. The molecule has 0 aliphatic heterocycles. The molecule has 21 heavy (non-hydrogen) atoms. The Morgan fingerprint density at radius 2 is 1.29 bits per heavy atom. The van der Waals surface area contributed by atoms with Crippen LogP contribution in [0.5, 0.6) is 0 Å². The predicted octanol–water partition coefficient (Wildman–Crippen LogP) is 6.26. The maximum absolute atomic E-state index is 9.75. The zero-order valence-corrected chi connectivity index (χ0v) is 17.3. The molecule has 0 spiro atoms. The second-order valence-electron chi connectivity index (χ2n) is 5.92. The number of rotatable bonds is 7. The Morgan fingerprint density at radius 1 is 0.905 bits per heavy atom. The molecule has 0 aliphatic rings. The van der Waals surface area contributed by atoms with E-state index in [-0.39, 0.29) is 0 Å². The summed E-state index contributed by atoms with van der Waals surface area (Å²) in [7, 11) is -7.12. The summed E-state index contributed by atoms with van der Waals surface area (Å²) in [5.74, 6) is 3.53. The van der Waals surface area contributed by atoms with Gasteiger partial charge >= 0.3 is 119 Å². The molecule has 0 bridgehead atoms. The van der Waals surface area contributed by atoms with Crippen LogP contribution >= 0.6 is 0 Å². The third-order valence-corrected chi connectivity index (χ3v) is 9.76. The van der Waals surface area contributed by atoms with Crippen LogP contribution in [0.4, 0.5) is 17.3 Å². The van der Waals surface area contributed by atoms with Gasteiger partial charge in [0.25, 0.3) is 0 Å². The van der Waals surface area contributed by atoms with Gasteiger partial charge in [-0.2, -0.15) is 0 Å². The molecule has 0 nitrogen and oxygen atoms in total. The van der Waals surface area contributed by atoms with Gasteiger partial charge in [-0.1, -0.05) is 0 Å². The van der Waals surface area contributed by atoms with E-state index < -0.39 is 34.9 Å². The van der Waals surface area contributed by atoms with Crippen molar-refractivity contribution in [3.63, 3.8) is 0 Å². The minimum Gasteiger partial charge on any atom is -0.418 e. The average Bonchev–Trinajstić information content (AvgIpc) is 2.28. The van der Waals surface area contributed by atoms with Gasteiger partial charge in [0.1, 0.15) is 0 Å². The molecule has 0 heterocycles. The molecule has 0 fully saturated rings. The minimum atomic E-state index is -6.00. The Kier molecular flexibility index (Phi) is 14.5. The Hall–Kier alpha value is 0.351. The molecule has 0 radical (unpaired) electrons. The molecule has 0 aromatic rings. The van der Waals surface area contributed by atoms with Gasteiger partial charge in [-0.25, -0.2) is 0 Å². The summed E-state index contributed by atoms with van der Waals surface area (Å²) in [5.41, 5.74) is 3.54. The molecule has 0 aromatic heterocycles. The van der Waals surface area contributed by atoms with Crippen LogP contribution in [0.25, 0.3) is 0 Å². The van der Waals surface area contributed by atoms with Crippen molar-refractivity contribution in [3.8, 4) is 11.5 Å². The second kappa shape index (κ2) is 12.9.